The van der Waals surface area contributed by atoms with Gasteiger partial charge in [-0.25, -0.2) is 9.69 Å². The topological polar surface area (TPSA) is 84.7 Å². The van der Waals surface area contributed by atoms with Gasteiger partial charge in [0.15, 0.2) is 0 Å². The molecule has 3 saturated heterocycles. The Morgan fingerprint density at radius 2 is 1.56 bits per heavy atom. The molecule has 3 atom stereocenters. The van der Waals surface area contributed by atoms with Gasteiger partial charge in [-0.15, -0.1) is 0 Å². The number of carbonyl (C=O) groups excluding carboxylic acids is 3. The van der Waals surface area contributed by atoms with E-state index in [4.69, 9.17) is 5.26 Å². The van der Waals surface area contributed by atoms with Crippen LogP contribution in [-0.4, -0.2) is 52.3 Å². The molecule has 0 radical (unpaired) electrons. The number of amides is 4. The van der Waals surface area contributed by atoms with Gasteiger partial charge in [0.25, 0.3) is 5.91 Å². The van der Waals surface area contributed by atoms with Crippen molar-refractivity contribution < 1.29 is 27.6 Å². The summed E-state index contributed by atoms with van der Waals surface area (Å²) in [5.41, 5.74) is -0.490. The molecule has 0 unspecified atom stereocenters. The van der Waals surface area contributed by atoms with Crippen molar-refractivity contribution in [3.63, 3.8) is 0 Å². The van der Waals surface area contributed by atoms with Gasteiger partial charge in [-0.05, 0) is 35.7 Å². The first-order valence-corrected chi connectivity index (χ1v) is 12.4. The molecule has 3 fully saturated rings. The molecule has 3 aliphatic heterocycles. The summed E-state index contributed by atoms with van der Waals surface area (Å²) in [7, 11) is 0. The SMILES string of the molecule is N#Cc1ccc(N2C(=O)[C@@H]3[C@@H]4C[C@@H](CN4C(=O)C(c4ccccc4)c4ccccc4)N3C2=O)cc1C(F)(F)F. The smallest absolute Gasteiger partial charge is 0.334 e. The van der Waals surface area contributed by atoms with Crippen LogP contribution in [0.3, 0.4) is 0 Å². The highest BCUT2D eigenvalue weighted by Gasteiger charge is 2.63. The van der Waals surface area contributed by atoms with E-state index in [1.165, 1.54) is 11.0 Å². The van der Waals surface area contributed by atoms with Crippen LogP contribution in [-0.2, 0) is 15.8 Å². The maximum absolute atomic E-state index is 14.0. The van der Waals surface area contributed by atoms with Gasteiger partial charge in [0, 0.05) is 6.54 Å². The van der Waals surface area contributed by atoms with Crippen LogP contribution < -0.4 is 4.90 Å². The summed E-state index contributed by atoms with van der Waals surface area (Å²) >= 11 is 0. The van der Waals surface area contributed by atoms with E-state index in [0.717, 1.165) is 28.2 Å². The fourth-order valence-corrected chi connectivity index (χ4v) is 6.09. The second-order valence-electron chi connectivity index (χ2n) is 9.85. The minimum absolute atomic E-state index is 0.198. The van der Waals surface area contributed by atoms with E-state index in [1.54, 1.807) is 4.90 Å². The van der Waals surface area contributed by atoms with Crippen LogP contribution >= 0.6 is 0 Å². The van der Waals surface area contributed by atoms with Crippen LogP contribution in [0.15, 0.2) is 78.9 Å². The minimum atomic E-state index is -4.84. The van der Waals surface area contributed by atoms with Crippen molar-refractivity contribution in [2.24, 2.45) is 0 Å². The Morgan fingerprint density at radius 1 is 0.949 bits per heavy atom. The molecule has 196 valence electrons. The number of hydrogen-bond acceptors (Lipinski definition) is 4. The lowest BCUT2D eigenvalue weighted by Gasteiger charge is -2.37. The van der Waals surface area contributed by atoms with Crippen molar-refractivity contribution in [1.29, 1.82) is 5.26 Å². The molecule has 3 aliphatic rings. The first-order chi connectivity index (χ1) is 18.7. The Kier molecular flexibility index (Phi) is 5.68. The zero-order chi connectivity index (χ0) is 27.5. The molecule has 0 aliphatic carbocycles. The van der Waals surface area contributed by atoms with Crippen molar-refractivity contribution in [2.45, 2.75) is 36.6 Å². The van der Waals surface area contributed by atoms with E-state index in [2.05, 4.69) is 0 Å². The third-order valence-corrected chi connectivity index (χ3v) is 7.75. The van der Waals surface area contributed by atoms with Crippen LogP contribution in [0.25, 0.3) is 0 Å². The maximum Gasteiger partial charge on any atom is 0.417 e. The number of benzene rings is 3. The average molecular weight is 531 g/mol. The van der Waals surface area contributed by atoms with Crippen LogP contribution in [0, 0.1) is 11.3 Å². The molecule has 10 heteroatoms. The summed E-state index contributed by atoms with van der Waals surface area (Å²) in [6.07, 6.45) is -4.42. The number of urea groups is 1. The zero-order valence-electron chi connectivity index (χ0n) is 20.4. The van der Waals surface area contributed by atoms with Gasteiger partial charge in [-0.3, -0.25) is 9.59 Å². The molecular formula is C29H21F3N4O3. The number of halogens is 3. The fraction of sp³-hybridized carbons (Fsp3) is 0.241. The van der Waals surface area contributed by atoms with Gasteiger partial charge in [0.1, 0.15) is 6.04 Å². The van der Waals surface area contributed by atoms with E-state index < -0.39 is 53.3 Å². The Morgan fingerprint density at radius 3 is 2.13 bits per heavy atom. The number of piperazine rings is 1. The quantitative estimate of drug-likeness (QED) is 0.464. The predicted octanol–water partition coefficient (Wildman–Crippen LogP) is 4.53. The number of imide groups is 1. The maximum atomic E-state index is 14.0. The van der Waals surface area contributed by atoms with Crippen molar-refractivity contribution in [2.75, 3.05) is 11.4 Å². The molecule has 7 nitrogen and oxygen atoms in total. The molecule has 3 aromatic carbocycles. The third kappa shape index (κ3) is 3.84. The number of anilines is 1. The van der Waals surface area contributed by atoms with E-state index in [1.807, 2.05) is 60.7 Å². The second kappa shape index (κ2) is 8.98. The first kappa shape index (κ1) is 24.7. The largest absolute Gasteiger partial charge is 0.417 e. The second-order valence-corrected chi connectivity index (χ2v) is 9.85. The summed E-state index contributed by atoms with van der Waals surface area (Å²) in [5, 5.41) is 9.10. The predicted molar refractivity (Wildman–Crippen MR) is 133 cm³/mol. The normalized spacial score (nSPS) is 22.0. The summed E-state index contributed by atoms with van der Waals surface area (Å²) in [6.45, 7) is 0.226. The van der Waals surface area contributed by atoms with E-state index in [-0.39, 0.29) is 18.1 Å². The van der Waals surface area contributed by atoms with Gasteiger partial charge in [-0.1, -0.05) is 60.7 Å². The summed E-state index contributed by atoms with van der Waals surface area (Å²) in [6, 6.07) is 20.1. The molecule has 6 rings (SSSR count). The van der Waals surface area contributed by atoms with Crippen molar-refractivity contribution in [1.82, 2.24) is 9.80 Å². The number of likely N-dealkylation sites (tertiary alicyclic amines) is 1. The molecule has 39 heavy (non-hydrogen) atoms. The van der Waals surface area contributed by atoms with Gasteiger partial charge in [-0.2, -0.15) is 18.4 Å². The third-order valence-electron chi connectivity index (χ3n) is 7.75. The van der Waals surface area contributed by atoms with Crippen LogP contribution in [0.1, 0.15) is 34.6 Å². The highest BCUT2D eigenvalue weighted by Crippen LogP contribution is 2.45. The van der Waals surface area contributed by atoms with Gasteiger partial charge in [0.05, 0.1) is 40.9 Å². The van der Waals surface area contributed by atoms with Crippen LogP contribution in [0.2, 0.25) is 0 Å². The monoisotopic (exact) mass is 530 g/mol. The number of nitriles is 1. The van der Waals surface area contributed by atoms with Crippen molar-refractivity contribution in [3.8, 4) is 6.07 Å². The number of fused-ring (bicyclic) bond motifs is 5. The Balaban J connectivity index is 1.33. The number of carbonyl (C=O) groups is 3. The summed E-state index contributed by atoms with van der Waals surface area (Å²) in [4.78, 5) is 44.7. The average Bonchev–Trinajstić information content (AvgIpc) is 3.60. The lowest BCUT2D eigenvalue weighted by molar-refractivity contribution is -0.138. The number of alkyl halides is 3. The molecule has 0 aromatic heterocycles. The van der Waals surface area contributed by atoms with Gasteiger partial charge >= 0.3 is 12.2 Å². The molecule has 3 heterocycles. The van der Waals surface area contributed by atoms with E-state index >= 15 is 0 Å². The number of nitrogens with zero attached hydrogens (tertiary/aromatic N) is 4. The molecule has 0 spiro atoms. The fourth-order valence-electron chi connectivity index (χ4n) is 6.09. The molecule has 4 amide bonds. The zero-order valence-corrected chi connectivity index (χ0v) is 20.4. The lowest BCUT2D eigenvalue weighted by atomic mass is 9.89. The molecule has 2 bridgehead atoms. The van der Waals surface area contributed by atoms with E-state index in [0.29, 0.717) is 12.5 Å². The summed E-state index contributed by atoms with van der Waals surface area (Å²) < 4.78 is 40.7. The highest BCUT2D eigenvalue weighted by atomic mass is 19.4. The molecule has 3 aromatic rings. The minimum Gasteiger partial charge on any atom is -0.334 e. The Bertz CT molecular complexity index is 1480. The van der Waals surface area contributed by atoms with Crippen molar-refractivity contribution >= 4 is 23.5 Å². The lowest BCUT2D eigenvalue weighted by Crippen LogP contribution is -2.55. The van der Waals surface area contributed by atoms with Gasteiger partial charge in [0.2, 0.25) is 5.91 Å². The molecule has 0 N–H and O–H groups in total. The highest BCUT2D eigenvalue weighted by molar-refractivity contribution is 6.22. The first-order valence-electron chi connectivity index (χ1n) is 12.4. The molecule has 0 saturated carbocycles. The molecular weight excluding hydrogens is 509 g/mol. The van der Waals surface area contributed by atoms with Crippen molar-refractivity contribution in [3.05, 3.63) is 101 Å². The Labute approximate surface area is 221 Å². The summed E-state index contributed by atoms with van der Waals surface area (Å²) in [5.74, 6) is -1.49. The van der Waals surface area contributed by atoms with E-state index in [9.17, 15) is 27.6 Å². The van der Waals surface area contributed by atoms with Gasteiger partial charge < -0.3 is 9.80 Å². The number of hydrogen-bond donors (Lipinski definition) is 0. The number of rotatable bonds is 4. The van der Waals surface area contributed by atoms with Crippen LogP contribution in [0.4, 0.5) is 23.7 Å². The standard InChI is InChI=1S/C29H21F3N4O3/c30-29(31,32)22-13-20(12-11-19(22)15-33)36-27(38)25-23-14-21(35(25)28(36)39)16-34(23)26(37)24(17-7-3-1-4-8-17)18-9-5-2-6-10-18/h1-13,21,23-25H,14,16H2/t21-,23-,25-/m0/s1. The Hall–Kier alpha value is -4.65. The van der Waals surface area contributed by atoms with Crippen LogP contribution in [0.5, 0.6) is 0 Å².